The molecule has 1 saturated heterocycles. The molecule has 2 aromatic rings. The number of benzene rings is 2. The predicted molar refractivity (Wildman–Crippen MR) is 116 cm³/mol. The van der Waals surface area contributed by atoms with Gasteiger partial charge in [-0.25, -0.2) is 9.59 Å². The summed E-state index contributed by atoms with van der Waals surface area (Å²) in [5, 5.41) is 14.8. The number of rotatable bonds is 5. The molecule has 156 valence electrons. The average Bonchev–Trinajstić information content (AvgIpc) is 2.72. The number of aryl methyl sites for hydroxylation is 1. The summed E-state index contributed by atoms with van der Waals surface area (Å²) in [5.41, 5.74) is 4.24. The largest absolute Gasteiger partial charge is 0.473 e. The number of carboxylic acids is 2. The monoisotopic (exact) mass is 462 g/mol. The minimum Gasteiger partial charge on any atom is -0.473 e. The number of carbonyl (C=O) groups is 2. The Balaban J connectivity index is 0.000000438. The highest BCUT2D eigenvalue weighted by atomic mass is 79.9. The maximum Gasteiger partial charge on any atom is 0.414 e. The van der Waals surface area contributed by atoms with E-state index in [0.29, 0.717) is 0 Å². The molecule has 1 aliphatic rings. The van der Waals surface area contributed by atoms with Crippen LogP contribution >= 0.6 is 15.9 Å². The molecule has 7 heteroatoms. The highest BCUT2D eigenvalue weighted by molar-refractivity contribution is 9.10. The van der Waals surface area contributed by atoms with Crippen LogP contribution in [0.4, 0.5) is 0 Å². The van der Waals surface area contributed by atoms with Crippen LogP contribution in [0.3, 0.4) is 0 Å². The first-order valence-electron chi connectivity index (χ1n) is 9.61. The van der Waals surface area contributed by atoms with E-state index in [0.717, 1.165) is 45.7 Å². The van der Waals surface area contributed by atoms with Gasteiger partial charge in [-0.15, -0.1) is 0 Å². The zero-order chi connectivity index (χ0) is 21.2. The summed E-state index contributed by atoms with van der Waals surface area (Å²) in [6, 6.07) is 17.6. The van der Waals surface area contributed by atoms with Crippen LogP contribution in [0.2, 0.25) is 0 Å². The van der Waals surface area contributed by atoms with Crippen molar-refractivity contribution in [1.82, 2.24) is 9.80 Å². The molecular formula is C22H27BrN2O4. The minimum atomic E-state index is -1.82. The minimum absolute atomic E-state index is 1.04. The van der Waals surface area contributed by atoms with E-state index in [-0.39, 0.29) is 0 Å². The van der Waals surface area contributed by atoms with Gasteiger partial charge in [-0.2, -0.15) is 0 Å². The smallest absolute Gasteiger partial charge is 0.414 e. The van der Waals surface area contributed by atoms with Gasteiger partial charge in [0.1, 0.15) is 0 Å². The Morgan fingerprint density at radius 3 is 1.79 bits per heavy atom. The van der Waals surface area contributed by atoms with Gasteiger partial charge in [-0.3, -0.25) is 9.80 Å². The molecule has 0 atom stereocenters. The normalized spacial score (nSPS) is 14.7. The zero-order valence-corrected chi connectivity index (χ0v) is 18.1. The number of carboxylic acid groups (broad SMARTS) is 2. The van der Waals surface area contributed by atoms with Crippen LogP contribution in [0.1, 0.15) is 23.6 Å². The summed E-state index contributed by atoms with van der Waals surface area (Å²) in [6.45, 7) is 8.93. The molecule has 0 spiro atoms. The van der Waals surface area contributed by atoms with Crippen molar-refractivity contribution in [3.05, 3.63) is 69.7 Å². The van der Waals surface area contributed by atoms with Crippen LogP contribution in [-0.4, -0.2) is 58.1 Å². The Hall–Kier alpha value is -2.22. The van der Waals surface area contributed by atoms with E-state index < -0.39 is 11.9 Å². The SMILES string of the molecule is CCc1ccc(CN2CCN(Cc3ccccc3Br)CC2)cc1.O=C(O)C(=O)O. The quantitative estimate of drug-likeness (QED) is 0.661. The van der Waals surface area contributed by atoms with Gasteiger partial charge in [-0.1, -0.05) is 65.3 Å². The van der Waals surface area contributed by atoms with Crippen molar-refractivity contribution in [2.24, 2.45) is 0 Å². The molecule has 1 heterocycles. The standard InChI is InChI=1S/C20H25BrN2.C2H2O4/c1-2-17-7-9-18(10-8-17)15-22-11-13-23(14-12-22)16-19-5-3-4-6-20(19)21;3-1(4)2(5)6/h3-10H,2,11-16H2,1H3;(H,3,4)(H,5,6). The molecule has 1 fully saturated rings. The third kappa shape index (κ3) is 7.97. The second-order valence-electron chi connectivity index (χ2n) is 6.92. The third-order valence-corrected chi connectivity index (χ3v) is 5.61. The van der Waals surface area contributed by atoms with Crippen molar-refractivity contribution < 1.29 is 19.8 Å². The third-order valence-electron chi connectivity index (χ3n) is 4.84. The highest BCUT2D eigenvalue weighted by Gasteiger charge is 2.17. The first kappa shape index (κ1) is 23.1. The number of nitrogens with zero attached hydrogens (tertiary/aromatic N) is 2. The predicted octanol–water partition coefficient (Wildman–Crippen LogP) is 3.48. The first-order valence-corrected chi connectivity index (χ1v) is 10.4. The Morgan fingerprint density at radius 1 is 0.828 bits per heavy atom. The Bertz CT molecular complexity index is 791. The topological polar surface area (TPSA) is 81.1 Å². The van der Waals surface area contributed by atoms with Gasteiger partial charge in [0.15, 0.2) is 0 Å². The van der Waals surface area contributed by atoms with Gasteiger partial charge in [-0.05, 0) is 29.2 Å². The van der Waals surface area contributed by atoms with Gasteiger partial charge in [0.2, 0.25) is 0 Å². The fourth-order valence-electron chi connectivity index (χ4n) is 3.11. The van der Waals surface area contributed by atoms with Crippen LogP contribution in [0.15, 0.2) is 53.0 Å². The molecule has 2 N–H and O–H groups in total. The highest BCUT2D eigenvalue weighted by Crippen LogP contribution is 2.19. The summed E-state index contributed by atoms with van der Waals surface area (Å²) in [6.07, 6.45) is 1.12. The van der Waals surface area contributed by atoms with Crippen LogP contribution in [0.5, 0.6) is 0 Å². The van der Waals surface area contributed by atoms with E-state index >= 15 is 0 Å². The van der Waals surface area contributed by atoms with E-state index in [9.17, 15) is 0 Å². The second-order valence-corrected chi connectivity index (χ2v) is 7.78. The summed E-state index contributed by atoms with van der Waals surface area (Å²) in [4.78, 5) is 23.3. The fraction of sp³-hybridized carbons (Fsp3) is 0.364. The number of hydrogen-bond donors (Lipinski definition) is 2. The molecule has 0 radical (unpaired) electrons. The van der Waals surface area contributed by atoms with Crippen molar-refractivity contribution in [3.63, 3.8) is 0 Å². The molecule has 0 aliphatic carbocycles. The molecule has 2 aromatic carbocycles. The maximum absolute atomic E-state index is 9.10. The molecule has 0 aromatic heterocycles. The number of piperazine rings is 1. The summed E-state index contributed by atoms with van der Waals surface area (Å²) >= 11 is 3.65. The molecule has 1 aliphatic heterocycles. The van der Waals surface area contributed by atoms with Crippen molar-refractivity contribution in [3.8, 4) is 0 Å². The lowest BCUT2D eigenvalue weighted by Gasteiger charge is -2.35. The maximum atomic E-state index is 9.10. The molecule has 0 amide bonds. The summed E-state index contributed by atoms with van der Waals surface area (Å²) < 4.78 is 1.22. The average molecular weight is 463 g/mol. The lowest BCUT2D eigenvalue weighted by molar-refractivity contribution is -0.159. The lowest BCUT2D eigenvalue weighted by atomic mass is 10.1. The fourth-order valence-corrected chi connectivity index (χ4v) is 3.52. The second kappa shape index (κ2) is 11.7. The molecule has 29 heavy (non-hydrogen) atoms. The van der Waals surface area contributed by atoms with Gasteiger partial charge < -0.3 is 10.2 Å². The van der Waals surface area contributed by atoms with Gasteiger partial charge in [0, 0.05) is 43.7 Å². The van der Waals surface area contributed by atoms with Gasteiger partial charge >= 0.3 is 11.9 Å². The van der Waals surface area contributed by atoms with Crippen LogP contribution < -0.4 is 0 Å². The number of hydrogen-bond acceptors (Lipinski definition) is 4. The van der Waals surface area contributed by atoms with Gasteiger partial charge in [0.25, 0.3) is 0 Å². The van der Waals surface area contributed by atoms with Crippen molar-refractivity contribution in [2.45, 2.75) is 26.4 Å². The van der Waals surface area contributed by atoms with E-state index in [1.165, 1.54) is 21.2 Å². The summed E-state index contributed by atoms with van der Waals surface area (Å²) in [5.74, 6) is -3.65. The van der Waals surface area contributed by atoms with Crippen molar-refractivity contribution in [1.29, 1.82) is 0 Å². The zero-order valence-electron chi connectivity index (χ0n) is 16.6. The van der Waals surface area contributed by atoms with Crippen LogP contribution in [0, 0.1) is 0 Å². The molecule has 3 rings (SSSR count). The Labute approximate surface area is 179 Å². The Morgan fingerprint density at radius 2 is 1.31 bits per heavy atom. The Kier molecular flexibility index (Phi) is 9.31. The molecule has 0 unspecified atom stereocenters. The number of halogens is 1. The van der Waals surface area contributed by atoms with E-state index in [1.54, 1.807) is 0 Å². The van der Waals surface area contributed by atoms with Crippen molar-refractivity contribution in [2.75, 3.05) is 26.2 Å². The molecule has 0 saturated carbocycles. The van der Waals surface area contributed by atoms with Gasteiger partial charge in [0.05, 0.1) is 0 Å². The first-order chi connectivity index (χ1) is 13.9. The molecular weight excluding hydrogens is 436 g/mol. The van der Waals surface area contributed by atoms with E-state index in [1.807, 2.05) is 0 Å². The van der Waals surface area contributed by atoms with E-state index in [2.05, 4.69) is 81.2 Å². The van der Waals surface area contributed by atoms with Crippen LogP contribution in [-0.2, 0) is 29.1 Å². The molecule has 0 bridgehead atoms. The summed E-state index contributed by atoms with van der Waals surface area (Å²) in [7, 11) is 0. The van der Waals surface area contributed by atoms with Crippen LogP contribution in [0.25, 0.3) is 0 Å². The van der Waals surface area contributed by atoms with E-state index in [4.69, 9.17) is 19.8 Å². The van der Waals surface area contributed by atoms with Crippen molar-refractivity contribution >= 4 is 27.9 Å². The number of aliphatic carboxylic acids is 2. The lowest BCUT2D eigenvalue weighted by Crippen LogP contribution is -2.45. The molecule has 6 nitrogen and oxygen atoms in total.